The van der Waals surface area contributed by atoms with Crippen LogP contribution in [-0.2, 0) is 9.59 Å². The van der Waals surface area contributed by atoms with Crippen molar-refractivity contribution in [2.45, 2.75) is 0 Å². The molecule has 0 fully saturated rings. The number of hydrogen-bond donors (Lipinski definition) is 2. The van der Waals surface area contributed by atoms with Gasteiger partial charge in [-0.15, -0.1) is 0 Å². The molecule has 0 saturated carbocycles. The van der Waals surface area contributed by atoms with Gasteiger partial charge in [0.2, 0.25) is 0 Å². The molecule has 0 bridgehead atoms. The Morgan fingerprint density at radius 3 is 1.25 bits per heavy atom. The fourth-order valence-corrected chi connectivity index (χ4v) is 2.16. The SMILES string of the molecule is O=C(Nc1ccc(I)cc1)C(=O)Nc1ccc(I)cc1. The molecule has 2 rings (SSSR count). The van der Waals surface area contributed by atoms with Gasteiger partial charge in [0.1, 0.15) is 0 Å². The zero-order valence-electron chi connectivity index (χ0n) is 10.2. The predicted molar refractivity (Wildman–Crippen MR) is 95.6 cm³/mol. The van der Waals surface area contributed by atoms with Gasteiger partial charge in [0.05, 0.1) is 0 Å². The molecule has 0 atom stereocenters. The molecule has 0 unspecified atom stereocenters. The van der Waals surface area contributed by atoms with Crippen LogP contribution in [0.1, 0.15) is 0 Å². The third-order valence-corrected chi connectivity index (χ3v) is 3.85. The van der Waals surface area contributed by atoms with Crippen molar-refractivity contribution < 1.29 is 9.59 Å². The first-order valence-electron chi connectivity index (χ1n) is 5.68. The van der Waals surface area contributed by atoms with E-state index in [4.69, 9.17) is 0 Å². The van der Waals surface area contributed by atoms with Gasteiger partial charge in [-0.25, -0.2) is 0 Å². The lowest BCUT2D eigenvalue weighted by Crippen LogP contribution is -2.29. The fraction of sp³-hybridized carbons (Fsp3) is 0. The molecule has 6 heteroatoms. The standard InChI is InChI=1S/C14H10I2N2O2/c15-9-1-5-11(6-2-9)17-13(19)14(20)18-12-7-3-10(16)4-8-12/h1-8H,(H,17,19)(H,18,20). The minimum Gasteiger partial charge on any atom is -0.318 e. The van der Waals surface area contributed by atoms with Crippen LogP contribution in [0.3, 0.4) is 0 Å². The number of nitrogens with one attached hydrogen (secondary N) is 2. The summed E-state index contributed by atoms with van der Waals surface area (Å²) in [5.74, 6) is -1.38. The molecule has 0 radical (unpaired) electrons. The molecule has 0 aromatic heterocycles. The van der Waals surface area contributed by atoms with Crippen LogP contribution >= 0.6 is 45.2 Å². The minimum absolute atomic E-state index is 0.591. The summed E-state index contributed by atoms with van der Waals surface area (Å²) in [5, 5.41) is 5.09. The van der Waals surface area contributed by atoms with Crippen molar-refractivity contribution in [3.05, 3.63) is 55.7 Å². The third-order valence-electron chi connectivity index (χ3n) is 2.41. The Hall–Kier alpha value is -1.16. The maximum atomic E-state index is 11.7. The summed E-state index contributed by atoms with van der Waals surface area (Å²) in [7, 11) is 0. The molecule has 4 nitrogen and oxygen atoms in total. The maximum Gasteiger partial charge on any atom is 0.314 e. The molecule has 2 aromatic rings. The summed E-state index contributed by atoms with van der Waals surface area (Å²) >= 11 is 4.34. The third kappa shape index (κ3) is 4.44. The molecule has 2 amide bonds. The first kappa shape index (κ1) is 15.2. The lowest BCUT2D eigenvalue weighted by atomic mass is 10.3. The number of carbonyl (C=O) groups is 2. The van der Waals surface area contributed by atoms with E-state index in [1.54, 1.807) is 24.3 Å². The average molecular weight is 492 g/mol. The van der Waals surface area contributed by atoms with E-state index in [0.717, 1.165) is 7.14 Å². The first-order valence-corrected chi connectivity index (χ1v) is 7.84. The van der Waals surface area contributed by atoms with Crippen molar-refractivity contribution in [1.82, 2.24) is 0 Å². The first-order chi connectivity index (χ1) is 9.54. The molecule has 0 aliphatic rings. The quantitative estimate of drug-likeness (QED) is 0.499. The maximum absolute atomic E-state index is 11.7. The lowest BCUT2D eigenvalue weighted by molar-refractivity contribution is -0.132. The smallest absolute Gasteiger partial charge is 0.314 e. The van der Waals surface area contributed by atoms with Crippen molar-refractivity contribution in [2.24, 2.45) is 0 Å². The van der Waals surface area contributed by atoms with Crippen LogP contribution in [-0.4, -0.2) is 11.8 Å². The number of amides is 2. The van der Waals surface area contributed by atoms with Gasteiger partial charge in [-0.2, -0.15) is 0 Å². The van der Waals surface area contributed by atoms with Gasteiger partial charge in [0.15, 0.2) is 0 Å². The Kier molecular flexibility index (Phi) is 5.35. The summed E-state index contributed by atoms with van der Waals surface area (Å²) in [5.41, 5.74) is 1.18. The predicted octanol–water partition coefficient (Wildman–Crippen LogP) is 3.47. The van der Waals surface area contributed by atoms with Gasteiger partial charge < -0.3 is 10.6 Å². The molecular formula is C14H10I2N2O2. The van der Waals surface area contributed by atoms with E-state index >= 15 is 0 Å². The largest absolute Gasteiger partial charge is 0.318 e. The van der Waals surface area contributed by atoms with Crippen LogP contribution in [0.25, 0.3) is 0 Å². The van der Waals surface area contributed by atoms with Crippen molar-refractivity contribution in [2.75, 3.05) is 10.6 Å². The Morgan fingerprint density at radius 1 is 0.650 bits per heavy atom. The van der Waals surface area contributed by atoms with Crippen molar-refractivity contribution in [1.29, 1.82) is 0 Å². The number of carbonyl (C=O) groups excluding carboxylic acids is 2. The van der Waals surface area contributed by atoms with Gasteiger partial charge >= 0.3 is 11.8 Å². The zero-order valence-corrected chi connectivity index (χ0v) is 14.5. The fourth-order valence-electron chi connectivity index (χ4n) is 1.44. The van der Waals surface area contributed by atoms with Crippen molar-refractivity contribution in [3.8, 4) is 0 Å². The van der Waals surface area contributed by atoms with E-state index in [1.165, 1.54) is 0 Å². The van der Waals surface area contributed by atoms with Crippen LogP contribution in [0.5, 0.6) is 0 Å². The van der Waals surface area contributed by atoms with Gasteiger partial charge in [-0.3, -0.25) is 9.59 Å². The highest BCUT2D eigenvalue weighted by Gasteiger charge is 2.13. The molecule has 0 saturated heterocycles. The van der Waals surface area contributed by atoms with E-state index in [2.05, 4.69) is 55.8 Å². The molecule has 0 heterocycles. The lowest BCUT2D eigenvalue weighted by Gasteiger charge is -2.06. The average Bonchev–Trinajstić information content (AvgIpc) is 2.44. The second-order valence-corrected chi connectivity index (χ2v) is 6.41. The molecule has 102 valence electrons. The normalized spacial score (nSPS) is 9.90. The van der Waals surface area contributed by atoms with Crippen molar-refractivity contribution >= 4 is 68.4 Å². The Morgan fingerprint density at radius 2 is 0.950 bits per heavy atom. The summed E-state index contributed by atoms with van der Waals surface area (Å²) in [6.45, 7) is 0. The van der Waals surface area contributed by atoms with E-state index in [-0.39, 0.29) is 0 Å². The van der Waals surface area contributed by atoms with Crippen LogP contribution in [0.2, 0.25) is 0 Å². The van der Waals surface area contributed by atoms with E-state index in [1.807, 2.05) is 24.3 Å². The second-order valence-electron chi connectivity index (χ2n) is 3.92. The Balaban J connectivity index is 1.96. The van der Waals surface area contributed by atoms with E-state index < -0.39 is 11.8 Å². The summed E-state index contributed by atoms with van der Waals surface area (Å²) in [6, 6.07) is 14.4. The topological polar surface area (TPSA) is 58.2 Å². The summed E-state index contributed by atoms with van der Waals surface area (Å²) in [4.78, 5) is 23.5. The van der Waals surface area contributed by atoms with E-state index in [9.17, 15) is 9.59 Å². The zero-order chi connectivity index (χ0) is 14.5. The monoisotopic (exact) mass is 492 g/mol. The minimum atomic E-state index is -0.690. The molecule has 0 aliphatic carbocycles. The number of halogens is 2. The highest BCUT2D eigenvalue weighted by molar-refractivity contribution is 14.1. The highest BCUT2D eigenvalue weighted by atomic mass is 127. The molecule has 2 N–H and O–H groups in total. The van der Waals surface area contributed by atoms with Gasteiger partial charge in [-0.1, -0.05) is 0 Å². The van der Waals surface area contributed by atoms with Crippen molar-refractivity contribution in [3.63, 3.8) is 0 Å². The number of benzene rings is 2. The second kappa shape index (κ2) is 7.02. The number of hydrogen-bond acceptors (Lipinski definition) is 2. The molecule has 0 aliphatic heterocycles. The number of rotatable bonds is 2. The highest BCUT2D eigenvalue weighted by Crippen LogP contribution is 2.13. The van der Waals surface area contributed by atoms with Crippen LogP contribution in [0.15, 0.2) is 48.5 Å². The Labute approximate surface area is 143 Å². The molecule has 0 spiro atoms. The molecular weight excluding hydrogens is 482 g/mol. The van der Waals surface area contributed by atoms with Gasteiger partial charge in [0.25, 0.3) is 0 Å². The van der Waals surface area contributed by atoms with Gasteiger partial charge in [0, 0.05) is 18.5 Å². The van der Waals surface area contributed by atoms with Gasteiger partial charge in [-0.05, 0) is 93.7 Å². The van der Waals surface area contributed by atoms with Crippen LogP contribution in [0, 0.1) is 7.14 Å². The number of anilines is 2. The Bertz CT molecular complexity index is 567. The summed E-state index contributed by atoms with van der Waals surface area (Å²) in [6.07, 6.45) is 0. The van der Waals surface area contributed by atoms with Crippen LogP contribution < -0.4 is 10.6 Å². The molecule has 2 aromatic carbocycles. The van der Waals surface area contributed by atoms with Crippen LogP contribution in [0.4, 0.5) is 11.4 Å². The molecule has 20 heavy (non-hydrogen) atoms. The summed E-state index contributed by atoms with van der Waals surface area (Å²) < 4.78 is 2.12. The van der Waals surface area contributed by atoms with E-state index in [0.29, 0.717) is 11.4 Å².